The van der Waals surface area contributed by atoms with Gasteiger partial charge < -0.3 is 5.73 Å². The number of hydrogen-bond donors (Lipinski definition) is 3. The molecule has 0 aromatic heterocycles. The molecule has 92 valence electrons. The number of nitrogens with zero attached hydrogens (tertiary/aromatic N) is 3. The van der Waals surface area contributed by atoms with Gasteiger partial charge in [0.2, 0.25) is 5.71 Å². The molecule has 1 aromatic carbocycles. The minimum Gasteiger partial charge on any atom is -0.382 e. The van der Waals surface area contributed by atoms with E-state index in [4.69, 9.17) is 16.4 Å². The van der Waals surface area contributed by atoms with E-state index in [1.165, 1.54) is 12.1 Å². The van der Waals surface area contributed by atoms with Gasteiger partial charge >= 0.3 is 5.69 Å². The Morgan fingerprint density at radius 2 is 2.33 bits per heavy atom. The first-order valence-corrected chi connectivity index (χ1v) is 5.27. The smallest absolute Gasteiger partial charge is 0.308 e. The van der Waals surface area contributed by atoms with Crippen molar-refractivity contribution < 1.29 is 4.92 Å². The zero-order valence-corrected chi connectivity index (χ0v) is 10.4. The molecule has 1 rings (SSSR count). The largest absolute Gasteiger partial charge is 0.382 e. The van der Waals surface area contributed by atoms with Gasteiger partial charge in [0.05, 0.1) is 9.40 Å². The second-order valence-electron chi connectivity index (χ2n) is 2.99. The summed E-state index contributed by atoms with van der Waals surface area (Å²) in [6, 6.07) is 6.08. The lowest BCUT2D eigenvalue weighted by Crippen LogP contribution is -2.22. The maximum atomic E-state index is 10.8. The number of nitriles is 1. The summed E-state index contributed by atoms with van der Waals surface area (Å²) >= 11 is 3.04. The number of halogens is 1. The van der Waals surface area contributed by atoms with Crippen LogP contribution in [-0.4, -0.2) is 16.5 Å². The molecule has 0 spiro atoms. The summed E-state index contributed by atoms with van der Waals surface area (Å²) in [5.41, 5.74) is 6.94. The minimum atomic E-state index is -0.595. The third-order valence-electron chi connectivity index (χ3n) is 1.82. The van der Waals surface area contributed by atoms with Crippen LogP contribution in [-0.2, 0) is 0 Å². The number of hydrogen-bond acceptors (Lipinski definition) is 6. The number of rotatable bonds is 4. The molecule has 9 heteroatoms. The summed E-state index contributed by atoms with van der Waals surface area (Å²) < 4.78 is 0.272. The molecule has 8 nitrogen and oxygen atoms in total. The SMILES string of the molecule is N#C/C(=N\Nc1cccc(Br)c1[N+](=O)[O-])C(=N)N. The second-order valence-corrected chi connectivity index (χ2v) is 3.85. The fourth-order valence-electron chi connectivity index (χ4n) is 1.05. The van der Waals surface area contributed by atoms with Crippen LogP contribution in [0.15, 0.2) is 27.8 Å². The van der Waals surface area contributed by atoms with Gasteiger partial charge in [0, 0.05) is 0 Å². The molecule has 0 heterocycles. The van der Waals surface area contributed by atoms with Crippen molar-refractivity contribution in [1.82, 2.24) is 0 Å². The molecule has 18 heavy (non-hydrogen) atoms. The molecule has 0 unspecified atom stereocenters. The Bertz CT molecular complexity index is 577. The van der Waals surface area contributed by atoms with Crippen molar-refractivity contribution in [2.45, 2.75) is 0 Å². The quantitative estimate of drug-likeness (QED) is 0.335. The van der Waals surface area contributed by atoms with Crippen molar-refractivity contribution in [2.75, 3.05) is 5.43 Å². The van der Waals surface area contributed by atoms with E-state index in [1.807, 2.05) is 0 Å². The van der Waals surface area contributed by atoms with E-state index in [1.54, 1.807) is 12.1 Å². The molecule has 0 amide bonds. The number of anilines is 1. The van der Waals surface area contributed by atoms with E-state index >= 15 is 0 Å². The molecule has 1 aromatic rings. The monoisotopic (exact) mass is 310 g/mol. The fraction of sp³-hybridized carbons (Fsp3) is 0. The topological polar surface area (TPSA) is 141 Å². The summed E-state index contributed by atoms with van der Waals surface area (Å²) in [5, 5.41) is 30.0. The molecular weight excluding hydrogens is 304 g/mol. The predicted molar refractivity (Wildman–Crippen MR) is 69.4 cm³/mol. The van der Waals surface area contributed by atoms with Crippen molar-refractivity contribution in [1.29, 1.82) is 10.7 Å². The normalized spacial score (nSPS) is 10.6. The number of nitro groups is 1. The number of nitrogens with two attached hydrogens (primary N) is 1. The number of nitrogens with one attached hydrogen (secondary N) is 2. The number of hydrazone groups is 1. The number of nitro benzene ring substituents is 1. The van der Waals surface area contributed by atoms with Crippen molar-refractivity contribution in [3.8, 4) is 6.07 Å². The van der Waals surface area contributed by atoms with Crippen LogP contribution in [0.2, 0.25) is 0 Å². The highest BCUT2D eigenvalue weighted by atomic mass is 79.9. The zero-order chi connectivity index (χ0) is 13.7. The Balaban J connectivity index is 3.14. The van der Waals surface area contributed by atoms with E-state index in [0.29, 0.717) is 0 Å². The molecule has 0 bridgehead atoms. The van der Waals surface area contributed by atoms with Gasteiger partial charge in [-0.3, -0.25) is 20.9 Å². The van der Waals surface area contributed by atoms with Crippen LogP contribution in [0.1, 0.15) is 0 Å². The standard InChI is InChI=1S/C9H7BrN6O2/c10-5-2-1-3-6(8(5)16(17)18)14-15-7(4-11)9(12)13/h1-3,14H,(H3,12,13)/b15-7+. The van der Waals surface area contributed by atoms with Gasteiger partial charge in [0.25, 0.3) is 0 Å². The molecule has 4 N–H and O–H groups in total. The van der Waals surface area contributed by atoms with Crippen LogP contribution in [0.3, 0.4) is 0 Å². The molecular formula is C9H7BrN6O2. The maximum absolute atomic E-state index is 10.8. The van der Waals surface area contributed by atoms with Gasteiger partial charge in [-0.2, -0.15) is 10.4 Å². The summed E-state index contributed by atoms with van der Waals surface area (Å²) in [6.07, 6.45) is 0. The lowest BCUT2D eigenvalue weighted by atomic mass is 10.3. The van der Waals surface area contributed by atoms with Crippen LogP contribution in [0.5, 0.6) is 0 Å². The molecule has 0 aliphatic rings. The summed E-state index contributed by atoms with van der Waals surface area (Å²) in [6.45, 7) is 0. The molecule has 0 atom stereocenters. The summed E-state index contributed by atoms with van der Waals surface area (Å²) in [4.78, 5) is 10.3. The van der Waals surface area contributed by atoms with Crippen molar-refractivity contribution >= 4 is 38.9 Å². The Morgan fingerprint density at radius 1 is 1.67 bits per heavy atom. The predicted octanol–water partition coefficient (Wildman–Crippen LogP) is 1.58. The van der Waals surface area contributed by atoms with Gasteiger partial charge in [0.1, 0.15) is 11.8 Å². The van der Waals surface area contributed by atoms with Gasteiger partial charge in [-0.05, 0) is 28.1 Å². The van der Waals surface area contributed by atoms with Gasteiger partial charge in [-0.25, -0.2) is 0 Å². The lowest BCUT2D eigenvalue weighted by Gasteiger charge is -2.03. The van der Waals surface area contributed by atoms with E-state index in [0.717, 1.165) is 0 Å². The highest BCUT2D eigenvalue weighted by molar-refractivity contribution is 9.10. The van der Waals surface area contributed by atoms with E-state index in [2.05, 4.69) is 26.5 Å². The first-order chi connectivity index (χ1) is 8.47. The third-order valence-corrected chi connectivity index (χ3v) is 2.46. The number of para-hydroxylation sites is 1. The maximum Gasteiger partial charge on any atom is 0.308 e. The molecule has 0 radical (unpaired) electrons. The minimum absolute atomic E-state index is 0.0865. The van der Waals surface area contributed by atoms with Crippen molar-refractivity contribution in [3.05, 3.63) is 32.8 Å². The Hall–Kier alpha value is -2.47. The molecule has 0 saturated heterocycles. The number of benzene rings is 1. The van der Waals surface area contributed by atoms with E-state index in [9.17, 15) is 10.1 Å². The highest BCUT2D eigenvalue weighted by Crippen LogP contribution is 2.32. The van der Waals surface area contributed by atoms with Gasteiger partial charge in [-0.15, -0.1) is 0 Å². The average molecular weight is 311 g/mol. The summed E-state index contributed by atoms with van der Waals surface area (Å²) in [5.74, 6) is -0.525. The van der Waals surface area contributed by atoms with E-state index in [-0.39, 0.29) is 21.6 Å². The molecule has 0 fully saturated rings. The van der Waals surface area contributed by atoms with Crippen LogP contribution < -0.4 is 11.2 Å². The second kappa shape index (κ2) is 5.74. The molecule has 0 saturated carbocycles. The van der Waals surface area contributed by atoms with Crippen LogP contribution in [0.4, 0.5) is 11.4 Å². The van der Waals surface area contributed by atoms with Gasteiger partial charge in [0.15, 0.2) is 5.84 Å². The first kappa shape index (κ1) is 13.6. The van der Waals surface area contributed by atoms with Gasteiger partial charge in [-0.1, -0.05) is 6.07 Å². The van der Waals surface area contributed by atoms with Crippen LogP contribution in [0, 0.1) is 26.9 Å². The molecule has 0 aliphatic carbocycles. The third kappa shape index (κ3) is 3.02. The Morgan fingerprint density at radius 3 is 2.83 bits per heavy atom. The van der Waals surface area contributed by atoms with E-state index < -0.39 is 10.8 Å². The highest BCUT2D eigenvalue weighted by Gasteiger charge is 2.17. The summed E-state index contributed by atoms with van der Waals surface area (Å²) in [7, 11) is 0. The van der Waals surface area contributed by atoms with Crippen molar-refractivity contribution in [2.24, 2.45) is 10.8 Å². The Labute approximate surface area is 110 Å². The van der Waals surface area contributed by atoms with Crippen molar-refractivity contribution in [3.63, 3.8) is 0 Å². The molecule has 0 aliphatic heterocycles. The zero-order valence-electron chi connectivity index (χ0n) is 8.85. The lowest BCUT2D eigenvalue weighted by molar-refractivity contribution is -0.384. The van der Waals surface area contributed by atoms with Crippen LogP contribution >= 0.6 is 15.9 Å². The Kier molecular flexibility index (Phi) is 4.33. The first-order valence-electron chi connectivity index (χ1n) is 4.48. The number of amidine groups is 1. The fourth-order valence-corrected chi connectivity index (χ4v) is 1.56. The average Bonchev–Trinajstić information content (AvgIpc) is 2.28. The van der Waals surface area contributed by atoms with Crippen LogP contribution in [0.25, 0.3) is 0 Å².